The van der Waals surface area contributed by atoms with Crippen molar-refractivity contribution in [2.45, 2.75) is 37.3 Å². The topological polar surface area (TPSA) is 67.4 Å². The maximum atomic E-state index is 13.1. The number of hydrogen-bond donors (Lipinski definition) is 1. The van der Waals surface area contributed by atoms with Crippen LogP contribution < -0.4 is 10.1 Å². The summed E-state index contributed by atoms with van der Waals surface area (Å²) in [4.78, 5) is 15.1. The first-order chi connectivity index (χ1) is 12.3. The molecule has 2 unspecified atom stereocenters. The van der Waals surface area contributed by atoms with Gasteiger partial charge in [-0.25, -0.2) is 4.85 Å². The second-order valence-electron chi connectivity index (χ2n) is 5.88. The van der Waals surface area contributed by atoms with Crippen molar-refractivity contribution in [1.29, 1.82) is 0 Å². The summed E-state index contributed by atoms with van der Waals surface area (Å²) in [7, 11) is 1.10. The molecule has 6 nitrogen and oxygen atoms in total. The molecule has 1 aliphatic heterocycles. The van der Waals surface area contributed by atoms with E-state index >= 15 is 0 Å². The highest BCUT2D eigenvalue weighted by atomic mass is 19.4. The summed E-state index contributed by atoms with van der Waals surface area (Å²) in [5.74, 6) is -1.34. The highest BCUT2D eigenvalue weighted by Gasteiger charge is 2.51. The van der Waals surface area contributed by atoms with E-state index in [2.05, 4.69) is 20.4 Å². The predicted octanol–water partition coefficient (Wildman–Crippen LogP) is 4.75. The molecule has 0 saturated heterocycles. The number of alkyl halides is 6. The van der Waals surface area contributed by atoms with Crippen LogP contribution in [0.2, 0.25) is 0 Å². The van der Waals surface area contributed by atoms with Crippen molar-refractivity contribution in [3.05, 3.63) is 29.1 Å². The zero-order valence-corrected chi connectivity index (χ0v) is 13.9. The van der Waals surface area contributed by atoms with Gasteiger partial charge in [-0.05, 0) is 19.1 Å². The van der Waals surface area contributed by atoms with Gasteiger partial charge in [-0.15, -0.1) is 0 Å². The lowest BCUT2D eigenvalue weighted by Crippen LogP contribution is -2.40. The maximum Gasteiger partial charge on any atom is 0.412 e. The van der Waals surface area contributed by atoms with Crippen molar-refractivity contribution in [3.8, 4) is 5.75 Å². The number of anilines is 1. The number of ether oxygens (including phenoxy) is 1. The van der Waals surface area contributed by atoms with Gasteiger partial charge in [0.25, 0.3) is 5.91 Å². The van der Waals surface area contributed by atoms with E-state index in [-0.39, 0.29) is 5.75 Å². The first-order valence-corrected chi connectivity index (χ1v) is 7.28. The number of nitrogens with zero attached hydrogens (tertiary/aromatic N) is 3. The Bertz CT molecular complexity index is 827. The number of azo groups is 1. The minimum atomic E-state index is -4.88. The molecule has 0 fully saturated rings. The van der Waals surface area contributed by atoms with Crippen LogP contribution in [-0.4, -0.2) is 30.8 Å². The van der Waals surface area contributed by atoms with Gasteiger partial charge in [0.15, 0.2) is 11.6 Å². The first kappa shape index (κ1) is 20.5. The average molecular weight is 394 g/mol. The number of carbonyl (C=O) groups is 1. The second kappa shape index (κ2) is 6.71. The van der Waals surface area contributed by atoms with Crippen LogP contribution in [0, 0.1) is 6.57 Å². The Morgan fingerprint density at radius 2 is 1.96 bits per heavy atom. The lowest BCUT2D eigenvalue weighted by atomic mass is 9.94. The fourth-order valence-electron chi connectivity index (χ4n) is 2.39. The monoisotopic (exact) mass is 394 g/mol. The van der Waals surface area contributed by atoms with E-state index in [0.717, 1.165) is 20.1 Å². The minimum absolute atomic E-state index is 0.256. The summed E-state index contributed by atoms with van der Waals surface area (Å²) >= 11 is 0. The van der Waals surface area contributed by atoms with Crippen molar-refractivity contribution in [3.63, 3.8) is 0 Å². The van der Waals surface area contributed by atoms with Gasteiger partial charge >= 0.3 is 12.4 Å². The summed E-state index contributed by atoms with van der Waals surface area (Å²) in [6, 6.07) is -0.908. The molecule has 12 heteroatoms. The Labute approximate surface area is 149 Å². The van der Waals surface area contributed by atoms with Crippen molar-refractivity contribution < 1.29 is 35.9 Å². The molecule has 1 aliphatic rings. The SMILES string of the molecule is [C-]#[N+]c1cc(OC)c(NC(=O)C2(C)CC(C(F)(F)F)N=N2)cc1C(F)(F)F. The third kappa shape index (κ3) is 4.12. The highest BCUT2D eigenvalue weighted by Crippen LogP contribution is 2.43. The molecule has 0 aromatic heterocycles. The zero-order chi connectivity index (χ0) is 20.6. The Kier molecular flexibility index (Phi) is 5.09. The number of nitrogens with one attached hydrogen (secondary N) is 1. The van der Waals surface area contributed by atoms with Crippen LogP contribution in [0.5, 0.6) is 5.75 Å². The van der Waals surface area contributed by atoms with Crippen molar-refractivity contribution in [2.24, 2.45) is 10.2 Å². The molecule has 1 amide bonds. The zero-order valence-electron chi connectivity index (χ0n) is 13.9. The fourth-order valence-corrected chi connectivity index (χ4v) is 2.39. The summed E-state index contributed by atoms with van der Waals surface area (Å²) in [6.45, 7) is 7.93. The number of benzene rings is 1. The van der Waals surface area contributed by atoms with E-state index in [0.29, 0.717) is 6.07 Å². The van der Waals surface area contributed by atoms with E-state index in [1.54, 1.807) is 0 Å². The second-order valence-corrected chi connectivity index (χ2v) is 5.88. The van der Waals surface area contributed by atoms with Crippen LogP contribution in [0.3, 0.4) is 0 Å². The quantitative estimate of drug-likeness (QED) is 0.594. The van der Waals surface area contributed by atoms with Gasteiger partial charge in [-0.3, -0.25) is 4.79 Å². The van der Waals surface area contributed by atoms with Crippen LogP contribution in [0.25, 0.3) is 4.85 Å². The molecule has 2 rings (SSSR count). The Morgan fingerprint density at radius 1 is 1.33 bits per heavy atom. The molecular formula is C15H12F6N4O2. The molecule has 146 valence electrons. The molecule has 1 N–H and O–H groups in total. The molecule has 2 atom stereocenters. The van der Waals surface area contributed by atoms with Crippen LogP contribution in [0.15, 0.2) is 22.4 Å². The van der Waals surface area contributed by atoms with Gasteiger partial charge in [-0.1, -0.05) is 0 Å². The van der Waals surface area contributed by atoms with Crippen molar-refractivity contribution >= 4 is 17.3 Å². The average Bonchev–Trinajstić information content (AvgIpc) is 2.97. The normalized spacial score (nSPS) is 22.4. The third-order valence-corrected chi connectivity index (χ3v) is 3.87. The Morgan fingerprint density at radius 3 is 2.41 bits per heavy atom. The Balaban J connectivity index is 2.36. The Hall–Kier alpha value is -2.84. The lowest BCUT2D eigenvalue weighted by molar-refractivity contribution is -0.148. The number of methoxy groups -OCH3 is 1. The van der Waals surface area contributed by atoms with E-state index in [1.807, 2.05) is 0 Å². The minimum Gasteiger partial charge on any atom is -0.496 e. The maximum absolute atomic E-state index is 13.1. The standard InChI is InChI=1S/C15H12F6N4O2/c1-13(6-11(24-25-13)15(19,20)21)12(26)23-9-4-7(14(16,17)18)8(22-2)5-10(9)27-3/h4-5,11H,6H2,1,3H3,(H,23,26). The van der Waals surface area contributed by atoms with Crippen LogP contribution >= 0.6 is 0 Å². The molecule has 0 aliphatic carbocycles. The van der Waals surface area contributed by atoms with Gasteiger partial charge < -0.3 is 10.1 Å². The number of rotatable bonds is 3. The van der Waals surface area contributed by atoms with Crippen LogP contribution in [-0.2, 0) is 11.0 Å². The largest absolute Gasteiger partial charge is 0.496 e. The van der Waals surface area contributed by atoms with Crippen LogP contribution in [0.4, 0.5) is 37.7 Å². The molecule has 1 heterocycles. The van der Waals surface area contributed by atoms with Gasteiger partial charge in [0.05, 0.1) is 24.9 Å². The van der Waals surface area contributed by atoms with Crippen LogP contribution in [0.1, 0.15) is 18.9 Å². The van der Waals surface area contributed by atoms with Gasteiger partial charge in [0, 0.05) is 6.42 Å². The summed E-state index contributed by atoms with van der Waals surface area (Å²) < 4.78 is 82.3. The molecule has 1 aromatic rings. The lowest BCUT2D eigenvalue weighted by Gasteiger charge is -2.22. The van der Waals surface area contributed by atoms with Gasteiger partial charge in [0.2, 0.25) is 5.69 Å². The molecular weight excluding hydrogens is 382 g/mol. The molecule has 0 radical (unpaired) electrons. The van der Waals surface area contributed by atoms with Crippen molar-refractivity contribution in [2.75, 3.05) is 12.4 Å². The number of hydrogen-bond acceptors (Lipinski definition) is 4. The predicted molar refractivity (Wildman–Crippen MR) is 80.6 cm³/mol. The highest BCUT2D eigenvalue weighted by molar-refractivity contribution is 5.99. The molecule has 0 bridgehead atoms. The molecule has 27 heavy (non-hydrogen) atoms. The summed E-state index contributed by atoms with van der Waals surface area (Å²) in [5.41, 5.74) is -4.43. The van der Waals surface area contributed by atoms with Gasteiger partial charge in [0.1, 0.15) is 5.75 Å². The third-order valence-electron chi connectivity index (χ3n) is 3.87. The van der Waals surface area contributed by atoms with E-state index in [9.17, 15) is 31.1 Å². The first-order valence-electron chi connectivity index (χ1n) is 7.28. The van der Waals surface area contributed by atoms with Gasteiger partial charge in [-0.2, -0.15) is 36.6 Å². The number of halogens is 6. The molecule has 1 aromatic carbocycles. The fraction of sp³-hybridized carbons (Fsp3) is 0.467. The number of amides is 1. The summed E-state index contributed by atoms with van der Waals surface area (Å²) in [6.07, 6.45) is -10.4. The van der Waals surface area contributed by atoms with E-state index < -0.39 is 53.2 Å². The van der Waals surface area contributed by atoms with E-state index in [4.69, 9.17) is 11.3 Å². The molecule has 0 spiro atoms. The smallest absolute Gasteiger partial charge is 0.412 e. The summed E-state index contributed by atoms with van der Waals surface area (Å²) in [5, 5.41) is 8.48. The number of carbonyl (C=O) groups excluding carboxylic acids is 1. The van der Waals surface area contributed by atoms with Crippen molar-refractivity contribution in [1.82, 2.24) is 0 Å². The van der Waals surface area contributed by atoms with E-state index in [1.165, 1.54) is 0 Å². The molecule has 0 saturated carbocycles.